The Labute approximate surface area is 138 Å². The van der Waals surface area contributed by atoms with Gasteiger partial charge in [-0.15, -0.1) is 12.4 Å². The van der Waals surface area contributed by atoms with Crippen molar-refractivity contribution < 1.29 is 9.53 Å². The highest BCUT2D eigenvalue weighted by molar-refractivity contribution is 5.85. The summed E-state index contributed by atoms with van der Waals surface area (Å²) in [6, 6.07) is 7.78. The Hall–Kier alpha value is -1.26. The number of carbonyl (C=O) groups excluding carboxylic acids is 1. The molecule has 0 aliphatic carbocycles. The molecule has 1 aromatic carbocycles. The molecule has 0 bridgehead atoms. The molecule has 2 saturated heterocycles. The maximum Gasteiger partial charge on any atom is 0.226 e. The van der Waals surface area contributed by atoms with Crippen molar-refractivity contribution in [3.05, 3.63) is 29.8 Å². The molecule has 0 unspecified atom stereocenters. The zero-order valence-electron chi connectivity index (χ0n) is 13.1. The molecule has 2 aliphatic heterocycles. The van der Waals surface area contributed by atoms with Crippen molar-refractivity contribution in [1.82, 2.24) is 10.2 Å². The van der Waals surface area contributed by atoms with Gasteiger partial charge >= 0.3 is 0 Å². The Morgan fingerprint density at radius 3 is 2.45 bits per heavy atom. The van der Waals surface area contributed by atoms with Gasteiger partial charge in [0, 0.05) is 19.6 Å². The third kappa shape index (κ3) is 3.73. The highest BCUT2D eigenvalue weighted by atomic mass is 35.5. The van der Waals surface area contributed by atoms with E-state index < -0.39 is 0 Å². The van der Waals surface area contributed by atoms with E-state index in [4.69, 9.17) is 4.74 Å². The molecule has 0 radical (unpaired) electrons. The number of carbonyl (C=O) groups is 1. The van der Waals surface area contributed by atoms with E-state index in [-0.39, 0.29) is 18.3 Å². The van der Waals surface area contributed by atoms with Crippen LogP contribution in [0.2, 0.25) is 0 Å². The van der Waals surface area contributed by atoms with Gasteiger partial charge in [0.2, 0.25) is 5.91 Å². The van der Waals surface area contributed by atoms with Crippen molar-refractivity contribution >= 4 is 18.3 Å². The molecule has 1 aromatic rings. The van der Waals surface area contributed by atoms with E-state index in [0.717, 1.165) is 50.3 Å². The van der Waals surface area contributed by atoms with E-state index in [1.165, 1.54) is 6.42 Å². The molecule has 1 N–H and O–H groups in total. The second-order valence-electron chi connectivity index (χ2n) is 6.33. The first-order valence-corrected chi connectivity index (χ1v) is 7.82. The lowest BCUT2D eigenvalue weighted by atomic mass is 9.78. The predicted octanol–water partition coefficient (Wildman–Crippen LogP) is 2.26. The maximum atomic E-state index is 12.4. The van der Waals surface area contributed by atoms with Crippen LogP contribution in [-0.2, 0) is 11.2 Å². The number of piperidine rings is 1. The summed E-state index contributed by atoms with van der Waals surface area (Å²) in [7, 11) is 1.65. The maximum absolute atomic E-state index is 12.4. The van der Waals surface area contributed by atoms with Gasteiger partial charge in [0.05, 0.1) is 13.5 Å². The van der Waals surface area contributed by atoms with E-state index in [0.29, 0.717) is 11.8 Å². The normalized spacial score (nSPS) is 19.8. The number of amides is 1. The number of rotatable bonds is 3. The Bertz CT molecular complexity index is 488. The van der Waals surface area contributed by atoms with Crippen molar-refractivity contribution in [2.75, 3.05) is 33.3 Å². The van der Waals surface area contributed by atoms with Crippen molar-refractivity contribution in [3.8, 4) is 5.75 Å². The zero-order valence-corrected chi connectivity index (χ0v) is 14.0. The van der Waals surface area contributed by atoms with Crippen LogP contribution < -0.4 is 10.1 Å². The van der Waals surface area contributed by atoms with Crippen LogP contribution in [-0.4, -0.2) is 44.1 Å². The Morgan fingerprint density at radius 2 is 1.91 bits per heavy atom. The van der Waals surface area contributed by atoms with Gasteiger partial charge in [-0.3, -0.25) is 4.79 Å². The summed E-state index contributed by atoms with van der Waals surface area (Å²) in [5.74, 6) is 1.08. The highest BCUT2D eigenvalue weighted by Crippen LogP contribution is 2.36. The highest BCUT2D eigenvalue weighted by Gasteiger charge is 2.37. The SMILES string of the molecule is COc1ccc(CC(=O)N2CCC3(CCNC3)CC2)cc1.Cl. The number of halogens is 1. The fourth-order valence-corrected chi connectivity index (χ4v) is 3.48. The van der Waals surface area contributed by atoms with Gasteiger partial charge in [-0.2, -0.15) is 0 Å². The summed E-state index contributed by atoms with van der Waals surface area (Å²) < 4.78 is 5.14. The number of ether oxygens (including phenoxy) is 1. The number of hydrogen-bond acceptors (Lipinski definition) is 3. The van der Waals surface area contributed by atoms with Gasteiger partial charge in [0.15, 0.2) is 0 Å². The lowest BCUT2D eigenvalue weighted by Crippen LogP contribution is -2.44. The van der Waals surface area contributed by atoms with Crippen LogP contribution in [0.15, 0.2) is 24.3 Å². The Kier molecular flexibility index (Phi) is 5.70. The fraction of sp³-hybridized carbons (Fsp3) is 0.588. The first-order valence-electron chi connectivity index (χ1n) is 7.82. The second-order valence-corrected chi connectivity index (χ2v) is 6.33. The number of nitrogens with zero attached hydrogens (tertiary/aromatic N) is 1. The molecule has 1 spiro atoms. The van der Waals surface area contributed by atoms with Crippen LogP contribution in [0.5, 0.6) is 5.75 Å². The summed E-state index contributed by atoms with van der Waals surface area (Å²) in [5.41, 5.74) is 1.53. The van der Waals surface area contributed by atoms with Crippen LogP contribution in [0.1, 0.15) is 24.8 Å². The molecule has 3 rings (SSSR count). The summed E-state index contributed by atoms with van der Waals surface area (Å²) in [4.78, 5) is 14.4. The van der Waals surface area contributed by atoms with E-state index >= 15 is 0 Å². The molecule has 2 heterocycles. The third-order valence-corrected chi connectivity index (χ3v) is 5.02. The van der Waals surface area contributed by atoms with Gasteiger partial charge in [0.1, 0.15) is 5.75 Å². The monoisotopic (exact) mass is 324 g/mol. The fourth-order valence-electron chi connectivity index (χ4n) is 3.48. The van der Waals surface area contributed by atoms with E-state index in [1.54, 1.807) is 7.11 Å². The van der Waals surface area contributed by atoms with Crippen LogP contribution in [0, 0.1) is 5.41 Å². The minimum Gasteiger partial charge on any atom is -0.497 e. The van der Waals surface area contributed by atoms with Crippen LogP contribution in [0.3, 0.4) is 0 Å². The molecule has 4 nitrogen and oxygen atoms in total. The largest absolute Gasteiger partial charge is 0.497 e. The number of methoxy groups -OCH3 is 1. The summed E-state index contributed by atoms with van der Waals surface area (Å²) in [6.45, 7) is 4.10. The summed E-state index contributed by atoms with van der Waals surface area (Å²) in [6.07, 6.45) is 4.06. The lowest BCUT2D eigenvalue weighted by molar-refractivity contribution is -0.132. The van der Waals surface area contributed by atoms with Gasteiger partial charge in [0.25, 0.3) is 0 Å². The van der Waals surface area contributed by atoms with Crippen LogP contribution >= 0.6 is 12.4 Å². The molecule has 2 fully saturated rings. The first-order chi connectivity index (χ1) is 10.2. The van der Waals surface area contributed by atoms with Gasteiger partial charge in [-0.05, 0) is 48.9 Å². The van der Waals surface area contributed by atoms with E-state index in [1.807, 2.05) is 29.2 Å². The molecule has 0 aromatic heterocycles. The number of hydrogen-bond donors (Lipinski definition) is 1. The van der Waals surface area contributed by atoms with Crippen molar-refractivity contribution in [2.45, 2.75) is 25.7 Å². The van der Waals surface area contributed by atoms with E-state index in [2.05, 4.69) is 5.32 Å². The zero-order chi connectivity index (χ0) is 14.7. The number of likely N-dealkylation sites (tertiary alicyclic amines) is 1. The molecule has 0 atom stereocenters. The molecule has 0 saturated carbocycles. The first kappa shape index (κ1) is 17.1. The molecule has 22 heavy (non-hydrogen) atoms. The third-order valence-electron chi connectivity index (χ3n) is 5.02. The molecule has 122 valence electrons. The van der Waals surface area contributed by atoms with Gasteiger partial charge in [-0.25, -0.2) is 0 Å². The minimum absolute atomic E-state index is 0. The van der Waals surface area contributed by atoms with Crippen molar-refractivity contribution in [1.29, 1.82) is 0 Å². The average Bonchev–Trinajstić information content (AvgIpc) is 2.97. The quantitative estimate of drug-likeness (QED) is 0.927. The van der Waals surface area contributed by atoms with E-state index in [9.17, 15) is 4.79 Å². The minimum atomic E-state index is 0. The molecule has 5 heteroatoms. The molecule has 1 amide bonds. The summed E-state index contributed by atoms with van der Waals surface area (Å²) >= 11 is 0. The van der Waals surface area contributed by atoms with Gasteiger partial charge in [-0.1, -0.05) is 12.1 Å². The van der Waals surface area contributed by atoms with Crippen molar-refractivity contribution in [3.63, 3.8) is 0 Å². The standard InChI is InChI=1S/C17H24N2O2.ClH/c1-21-15-4-2-14(3-5-15)12-16(20)19-10-7-17(8-11-19)6-9-18-13-17;/h2-5,18H,6-13H2,1H3;1H. The van der Waals surface area contributed by atoms with Gasteiger partial charge < -0.3 is 15.0 Å². The average molecular weight is 325 g/mol. The topological polar surface area (TPSA) is 41.6 Å². The van der Waals surface area contributed by atoms with Crippen LogP contribution in [0.25, 0.3) is 0 Å². The van der Waals surface area contributed by atoms with Crippen LogP contribution in [0.4, 0.5) is 0 Å². The smallest absolute Gasteiger partial charge is 0.226 e. The number of nitrogens with one attached hydrogen (secondary N) is 1. The Balaban J connectivity index is 0.00000176. The number of benzene rings is 1. The molecular weight excluding hydrogens is 300 g/mol. The second kappa shape index (κ2) is 7.34. The summed E-state index contributed by atoms with van der Waals surface area (Å²) in [5, 5.41) is 3.46. The van der Waals surface area contributed by atoms with Crippen molar-refractivity contribution in [2.24, 2.45) is 5.41 Å². The molecule has 2 aliphatic rings. The molecular formula is C17H25ClN2O2. The lowest BCUT2D eigenvalue weighted by Gasteiger charge is -2.39. The predicted molar refractivity (Wildman–Crippen MR) is 89.7 cm³/mol. The Morgan fingerprint density at radius 1 is 1.23 bits per heavy atom.